The molecule has 4 aromatic rings. The van der Waals surface area contributed by atoms with Crippen LogP contribution in [0.5, 0.6) is 5.75 Å². The summed E-state index contributed by atoms with van der Waals surface area (Å²) in [5, 5.41) is 0.801. The topological polar surface area (TPSA) is 59.8 Å². The van der Waals surface area contributed by atoms with E-state index in [-0.39, 0.29) is 17.1 Å². The van der Waals surface area contributed by atoms with Crippen LogP contribution in [-0.4, -0.2) is 24.5 Å². The van der Waals surface area contributed by atoms with E-state index >= 15 is 0 Å². The van der Waals surface area contributed by atoms with Crippen molar-refractivity contribution in [2.45, 2.75) is 12.5 Å². The van der Waals surface area contributed by atoms with E-state index in [1.54, 1.807) is 30.2 Å². The van der Waals surface area contributed by atoms with E-state index in [0.29, 0.717) is 40.3 Å². The van der Waals surface area contributed by atoms with Gasteiger partial charge in [0.2, 0.25) is 5.76 Å². The molecule has 3 aromatic carbocycles. The summed E-state index contributed by atoms with van der Waals surface area (Å²) in [4.78, 5) is 28.7. The van der Waals surface area contributed by atoms with Gasteiger partial charge in [0.05, 0.1) is 24.1 Å². The van der Waals surface area contributed by atoms with Crippen LogP contribution in [0.25, 0.3) is 11.0 Å². The highest BCUT2D eigenvalue weighted by Gasteiger charge is 2.42. The number of benzene rings is 3. The van der Waals surface area contributed by atoms with Gasteiger partial charge in [-0.15, -0.1) is 0 Å². The van der Waals surface area contributed by atoms with Crippen molar-refractivity contribution in [2.75, 3.05) is 13.7 Å². The third-order valence-corrected chi connectivity index (χ3v) is 6.06. The lowest BCUT2D eigenvalue weighted by Gasteiger charge is -2.25. The second kappa shape index (κ2) is 8.17. The first-order chi connectivity index (χ1) is 15.6. The summed E-state index contributed by atoms with van der Waals surface area (Å²) in [6.45, 7) is 0.436. The summed E-state index contributed by atoms with van der Waals surface area (Å²) in [5.74, 6) is 0.447. The maximum atomic E-state index is 13.5. The van der Waals surface area contributed by atoms with E-state index in [1.807, 2.05) is 54.6 Å². The Morgan fingerprint density at radius 2 is 1.81 bits per heavy atom. The number of hydrogen-bond donors (Lipinski definition) is 0. The van der Waals surface area contributed by atoms with Crippen molar-refractivity contribution in [2.24, 2.45) is 0 Å². The van der Waals surface area contributed by atoms with Crippen LogP contribution in [0.4, 0.5) is 0 Å². The Kier molecular flexibility index (Phi) is 5.19. The van der Waals surface area contributed by atoms with Crippen LogP contribution in [0.15, 0.2) is 82.0 Å². The minimum absolute atomic E-state index is 0.0886. The Labute approximate surface area is 189 Å². The number of halogens is 1. The number of hydrogen-bond acceptors (Lipinski definition) is 4. The molecule has 1 aliphatic rings. The summed E-state index contributed by atoms with van der Waals surface area (Å²) in [6.07, 6.45) is 0.653. The van der Waals surface area contributed by atoms with Crippen LogP contribution in [0.1, 0.15) is 33.3 Å². The molecular formula is C26H20ClNO4. The van der Waals surface area contributed by atoms with Gasteiger partial charge in [0.1, 0.15) is 11.3 Å². The molecule has 0 fully saturated rings. The van der Waals surface area contributed by atoms with Crippen molar-refractivity contribution < 1.29 is 13.9 Å². The van der Waals surface area contributed by atoms with E-state index in [9.17, 15) is 9.59 Å². The van der Waals surface area contributed by atoms with Gasteiger partial charge in [0, 0.05) is 11.6 Å². The number of amides is 1. The van der Waals surface area contributed by atoms with Gasteiger partial charge in [-0.2, -0.15) is 0 Å². The van der Waals surface area contributed by atoms with Gasteiger partial charge in [-0.1, -0.05) is 54.1 Å². The molecule has 2 heterocycles. The Morgan fingerprint density at radius 1 is 1.00 bits per heavy atom. The van der Waals surface area contributed by atoms with Crippen LogP contribution in [-0.2, 0) is 6.42 Å². The third-order valence-electron chi connectivity index (χ3n) is 5.82. The van der Waals surface area contributed by atoms with Crippen molar-refractivity contribution in [1.29, 1.82) is 0 Å². The first kappa shape index (κ1) is 20.3. The molecule has 0 aliphatic carbocycles. The molecule has 0 spiro atoms. The molecule has 5 nitrogen and oxygen atoms in total. The Bertz CT molecular complexity index is 1380. The second-order valence-electron chi connectivity index (χ2n) is 7.73. The van der Waals surface area contributed by atoms with E-state index in [1.165, 1.54) is 0 Å². The molecule has 1 amide bonds. The first-order valence-corrected chi connectivity index (χ1v) is 10.7. The number of ether oxygens (including phenoxy) is 1. The number of carbonyl (C=O) groups excluding carboxylic acids is 1. The van der Waals surface area contributed by atoms with Gasteiger partial charge in [0.25, 0.3) is 5.91 Å². The SMILES string of the molecule is COc1cccc(C2c3c(oc4ccc(Cl)cc4c3=O)C(=O)N2CCc2ccccc2)c1. The molecule has 5 rings (SSSR count). The van der Waals surface area contributed by atoms with Gasteiger partial charge in [0.15, 0.2) is 5.43 Å². The molecule has 0 saturated heterocycles. The van der Waals surface area contributed by atoms with Crippen molar-refractivity contribution in [1.82, 2.24) is 4.90 Å². The molecule has 6 heteroatoms. The maximum absolute atomic E-state index is 13.5. The monoisotopic (exact) mass is 445 g/mol. The van der Waals surface area contributed by atoms with Crippen LogP contribution in [0.2, 0.25) is 5.02 Å². The maximum Gasteiger partial charge on any atom is 0.290 e. The summed E-state index contributed by atoms with van der Waals surface area (Å²) in [5.41, 5.74) is 2.34. The molecule has 1 atom stereocenters. The van der Waals surface area contributed by atoms with Gasteiger partial charge in [-0.3, -0.25) is 9.59 Å². The highest BCUT2D eigenvalue weighted by atomic mass is 35.5. The first-order valence-electron chi connectivity index (χ1n) is 10.3. The van der Waals surface area contributed by atoms with E-state index in [0.717, 1.165) is 11.1 Å². The fraction of sp³-hybridized carbons (Fsp3) is 0.154. The smallest absolute Gasteiger partial charge is 0.290 e. The summed E-state index contributed by atoms with van der Waals surface area (Å²) < 4.78 is 11.3. The third kappa shape index (κ3) is 3.45. The van der Waals surface area contributed by atoms with Gasteiger partial charge in [-0.25, -0.2) is 0 Å². The quantitative estimate of drug-likeness (QED) is 0.421. The summed E-state index contributed by atoms with van der Waals surface area (Å²) >= 11 is 6.14. The van der Waals surface area contributed by atoms with Crippen molar-refractivity contribution >= 4 is 28.5 Å². The van der Waals surface area contributed by atoms with Crippen LogP contribution in [0.3, 0.4) is 0 Å². The van der Waals surface area contributed by atoms with E-state index in [4.69, 9.17) is 20.8 Å². The van der Waals surface area contributed by atoms with Crippen LogP contribution in [0, 0.1) is 0 Å². The standard InChI is InChI=1S/C26H20ClNO4/c1-31-19-9-5-8-17(14-19)23-22-24(29)20-15-18(27)10-11-21(20)32-25(22)26(30)28(23)13-12-16-6-3-2-4-7-16/h2-11,14-15,23H,12-13H2,1H3. The zero-order valence-corrected chi connectivity index (χ0v) is 18.1. The number of methoxy groups -OCH3 is 1. The fourth-order valence-corrected chi connectivity index (χ4v) is 4.45. The van der Waals surface area contributed by atoms with Gasteiger partial charge >= 0.3 is 0 Å². The minimum Gasteiger partial charge on any atom is -0.497 e. The molecule has 32 heavy (non-hydrogen) atoms. The highest BCUT2D eigenvalue weighted by molar-refractivity contribution is 6.31. The molecule has 1 unspecified atom stereocenters. The lowest BCUT2D eigenvalue weighted by Crippen LogP contribution is -2.31. The molecule has 1 aliphatic heterocycles. The van der Waals surface area contributed by atoms with Crippen LogP contribution < -0.4 is 10.2 Å². The molecular weight excluding hydrogens is 426 g/mol. The van der Waals surface area contributed by atoms with E-state index < -0.39 is 6.04 Å². The number of carbonyl (C=O) groups is 1. The summed E-state index contributed by atoms with van der Waals surface area (Å²) in [6, 6.07) is 21.7. The van der Waals surface area contributed by atoms with Gasteiger partial charge < -0.3 is 14.1 Å². The van der Waals surface area contributed by atoms with Crippen molar-refractivity contribution in [3.05, 3.63) is 110 Å². The average molecular weight is 446 g/mol. The van der Waals surface area contributed by atoms with E-state index in [2.05, 4.69) is 0 Å². The normalized spacial score (nSPS) is 15.2. The largest absolute Gasteiger partial charge is 0.497 e. The number of fused-ring (bicyclic) bond motifs is 2. The molecule has 0 bridgehead atoms. The Morgan fingerprint density at radius 3 is 2.59 bits per heavy atom. The predicted octanol–water partition coefficient (Wildman–Crippen LogP) is 5.24. The lowest BCUT2D eigenvalue weighted by atomic mass is 9.98. The Balaban J connectivity index is 1.67. The molecule has 160 valence electrons. The lowest BCUT2D eigenvalue weighted by molar-refractivity contribution is 0.0730. The number of rotatable bonds is 5. The van der Waals surface area contributed by atoms with Gasteiger partial charge in [-0.05, 0) is 47.9 Å². The van der Waals surface area contributed by atoms with Crippen molar-refractivity contribution in [3.8, 4) is 5.75 Å². The number of nitrogens with zero attached hydrogens (tertiary/aromatic N) is 1. The highest BCUT2D eigenvalue weighted by Crippen LogP contribution is 2.39. The van der Waals surface area contributed by atoms with Crippen LogP contribution >= 0.6 is 11.6 Å². The molecule has 1 aromatic heterocycles. The average Bonchev–Trinajstić information content (AvgIpc) is 3.10. The summed E-state index contributed by atoms with van der Waals surface area (Å²) in [7, 11) is 1.59. The fourth-order valence-electron chi connectivity index (χ4n) is 4.28. The zero-order chi connectivity index (χ0) is 22.2. The zero-order valence-electron chi connectivity index (χ0n) is 17.4. The minimum atomic E-state index is -0.573. The second-order valence-corrected chi connectivity index (χ2v) is 8.16. The molecule has 0 saturated carbocycles. The molecule has 0 radical (unpaired) electrons. The molecule has 0 N–H and O–H groups in total. The predicted molar refractivity (Wildman–Crippen MR) is 124 cm³/mol. The Hall–Kier alpha value is -3.57. The van der Waals surface area contributed by atoms with Crippen molar-refractivity contribution in [3.63, 3.8) is 0 Å².